The Balaban J connectivity index is 1.28. The van der Waals surface area contributed by atoms with Crippen molar-refractivity contribution < 1.29 is 18.0 Å². The van der Waals surface area contributed by atoms with Crippen LogP contribution in [0.4, 0.5) is 5.69 Å². The number of piperidine rings is 1. The van der Waals surface area contributed by atoms with Crippen LogP contribution in [0.15, 0.2) is 59.5 Å². The molecule has 1 heterocycles. The molecule has 8 heteroatoms. The van der Waals surface area contributed by atoms with E-state index in [0.717, 1.165) is 24.1 Å². The van der Waals surface area contributed by atoms with Crippen molar-refractivity contribution in [1.29, 1.82) is 0 Å². The van der Waals surface area contributed by atoms with Gasteiger partial charge in [-0.3, -0.25) is 9.59 Å². The van der Waals surface area contributed by atoms with E-state index in [-0.39, 0.29) is 34.6 Å². The van der Waals surface area contributed by atoms with Crippen molar-refractivity contribution in [2.75, 3.05) is 18.4 Å². The van der Waals surface area contributed by atoms with Crippen LogP contribution in [0.25, 0.3) is 0 Å². The van der Waals surface area contributed by atoms with Crippen LogP contribution in [0, 0.1) is 11.8 Å². The number of amides is 2. The van der Waals surface area contributed by atoms with E-state index in [4.69, 9.17) is 0 Å². The molecule has 0 radical (unpaired) electrons. The van der Waals surface area contributed by atoms with Gasteiger partial charge in [0, 0.05) is 30.6 Å². The van der Waals surface area contributed by atoms with Crippen LogP contribution in [0.2, 0.25) is 0 Å². The third-order valence-corrected chi connectivity index (χ3v) is 8.10. The zero-order valence-corrected chi connectivity index (χ0v) is 19.0. The van der Waals surface area contributed by atoms with Crippen molar-refractivity contribution >= 4 is 27.5 Å². The number of benzene rings is 2. The van der Waals surface area contributed by atoms with E-state index in [9.17, 15) is 18.0 Å². The second-order valence-electron chi connectivity index (χ2n) is 8.61. The van der Waals surface area contributed by atoms with E-state index in [1.165, 1.54) is 4.31 Å². The first-order chi connectivity index (χ1) is 15.3. The lowest BCUT2D eigenvalue weighted by molar-refractivity contribution is -0.126. The van der Waals surface area contributed by atoms with Crippen LogP contribution in [-0.4, -0.2) is 37.6 Å². The Labute approximate surface area is 189 Å². The smallest absolute Gasteiger partial charge is 0.243 e. The number of nitrogens with zero attached hydrogens (tertiary/aromatic N) is 1. The van der Waals surface area contributed by atoms with Crippen LogP contribution in [0.3, 0.4) is 0 Å². The van der Waals surface area contributed by atoms with Crippen LogP contribution in [0.5, 0.6) is 0 Å². The summed E-state index contributed by atoms with van der Waals surface area (Å²) in [4.78, 5) is 24.9. The van der Waals surface area contributed by atoms with Crippen molar-refractivity contribution in [3.8, 4) is 0 Å². The van der Waals surface area contributed by atoms with Gasteiger partial charge in [0.1, 0.15) is 0 Å². The first kappa shape index (κ1) is 22.5. The summed E-state index contributed by atoms with van der Waals surface area (Å²) in [5.74, 6) is -0.0427. The number of anilines is 1. The quantitative estimate of drug-likeness (QED) is 0.670. The molecule has 1 saturated heterocycles. The van der Waals surface area contributed by atoms with Gasteiger partial charge in [0.2, 0.25) is 21.8 Å². The molecule has 0 spiro atoms. The molecular formula is C24H29N3O4S. The summed E-state index contributed by atoms with van der Waals surface area (Å²) in [6.07, 6.45) is 2.92. The van der Waals surface area contributed by atoms with E-state index >= 15 is 0 Å². The third-order valence-electron chi connectivity index (χ3n) is 6.19. The molecular weight excluding hydrogens is 426 g/mol. The van der Waals surface area contributed by atoms with E-state index in [0.29, 0.717) is 25.9 Å². The van der Waals surface area contributed by atoms with Gasteiger partial charge in [-0.15, -0.1) is 0 Å². The highest BCUT2D eigenvalue weighted by atomic mass is 32.2. The maximum atomic E-state index is 12.8. The van der Waals surface area contributed by atoms with Crippen LogP contribution < -0.4 is 10.6 Å². The maximum Gasteiger partial charge on any atom is 0.243 e. The first-order valence-electron chi connectivity index (χ1n) is 11.1. The largest absolute Gasteiger partial charge is 0.349 e. The van der Waals surface area contributed by atoms with E-state index in [2.05, 4.69) is 10.6 Å². The standard InChI is InChI=1S/C24H29N3O4S/c1-17(18-9-11-21(12-10-18)26-24(29)19-7-8-19)25-23(28)20-13-15-27(16-14-20)32(30,31)22-5-3-2-4-6-22/h2-6,9-12,17,19-20H,7-8,13-16H2,1H3,(H,25,28)(H,26,29). The molecule has 1 unspecified atom stereocenters. The molecule has 2 N–H and O–H groups in total. The summed E-state index contributed by atoms with van der Waals surface area (Å²) in [5, 5.41) is 5.96. The van der Waals surface area contributed by atoms with Gasteiger partial charge in [0.15, 0.2) is 0 Å². The highest BCUT2D eigenvalue weighted by Gasteiger charge is 2.32. The number of hydrogen-bond donors (Lipinski definition) is 2. The molecule has 2 aromatic rings. The molecule has 0 bridgehead atoms. The number of carbonyl (C=O) groups is 2. The maximum absolute atomic E-state index is 12.8. The van der Waals surface area contributed by atoms with Crippen LogP contribution in [0.1, 0.15) is 44.2 Å². The predicted octanol–water partition coefficient (Wildman–Crippen LogP) is 3.31. The summed E-state index contributed by atoms with van der Waals surface area (Å²) < 4.78 is 27.0. The minimum absolute atomic E-state index is 0.0552. The average molecular weight is 456 g/mol. The molecule has 2 aliphatic rings. The van der Waals surface area contributed by atoms with Gasteiger partial charge in [-0.25, -0.2) is 8.42 Å². The average Bonchev–Trinajstić information content (AvgIpc) is 3.66. The normalized spacial score (nSPS) is 18.7. The summed E-state index contributed by atoms with van der Waals surface area (Å²) in [7, 11) is -3.52. The number of sulfonamides is 1. The molecule has 1 saturated carbocycles. The molecule has 1 aliphatic heterocycles. The molecule has 7 nitrogen and oxygen atoms in total. The first-order valence-corrected chi connectivity index (χ1v) is 12.5. The van der Waals surface area contributed by atoms with Crippen molar-refractivity contribution in [1.82, 2.24) is 9.62 Å². The Bertz CT molecular complexity index is 1060. The highest BCUT2D eigenvalue weighted by molar-refractivity contribution is 7.89. The monoisotopic (exact) mass is 455 g/mol. The van der Waals surface area contributed by atoms with Gasteiger partial charge in [0.05, 0.1) is 10.9 Å². The molecule has 2 fully saturated rings. The molecule has 1 atom stereocenters. The molecule has 4 rings (SSSR count). The Morgan fingerprint density at radius 2 is 1.47 bits per heavy atom. The van der Waals surface area contributed by atoms with Gasteiger partial charge in [-0.1, -0.05) is 30.3 Å². The van der Waals surface area contributed by atoms with Crippen molar-refractivity contribution in [3.63, 3.8) is 0 Å². The molecule has 2 amide bonds. The van der Waals surface area contributed by atoms with Gasteiger partial charge in [-0.2, -0.15) is 4.31 Å². The van der Waals surface area contributed by atoms with E-state index < -0.39 is 10.0 Å². The summed E-state index contributed by atoms with van der Waals surface area (Å²) in [6.45, 7) is 2.59. The zero-order valence-electron chi connectivity index (χ0n) is 18.2. The highest BCUT2D eigenvalue weighted by Crippen LogP contribution is 2.30. The lowest BCUT2D eigenvalue weighted by Gasteiger charge is -2.31. The molecule has 0 aromatic heterocycles. The van der Waals surface area contributed by atoms with Crippen LogP contribution >= 0.6 is 0 Å². The predicted molar refractivity (Wildman–Crippen MR) is 122 cm³/mol. The summed E-state index contributed by atoms with van der Waals surface area (Å²) in [5.41, 5.74) is 1.71. The Morgan fingerprint density at radius 1 is 0.875 bits per heavy atom. The second-order valence-corrected chi connectivity index (χ2v) is 10.5. The minimum atomic E-state index is -3.52. The fourth-order valence-electron chi connectivity index (χ4n) is 3.96. The third kappa shape index (κ3) is 5.19. The Morgan fingerprint density at radius 3 is 2.06 bits per heavy atom. The van der Waals surface area contributed by atoms with Crippen molar-refractivity contribution in [2.24, 2.45) is 11.8 Å². The number of carbonyl (C=O) groups excluding carboxylic acids is 2. The topological polar surface area (TPSA) is 95.6 Å². The Kier molecular flexibility index (Phi) is 6.62. The van der Waals surface area contributed by atoms with E-state index in [1.807, 2.05) is 31.2 Å². The van der Waals surface area contributed by atoms with Gasteiger partial charge in [-0.05, 0) is 62.4 Å². The minimum Gasteiger partial charge on any atom is -0.349 e. The van der Waals surface area contributed by atoms with Crippen LogP contribution in [-0.2, 0) is 19.6 Å². The lowest BCUT2D eigenvalue weighted by atomic mass is 9.96. The van der Waals surface area contributed by atoms with Gasteiger partial charge in [0.25, 0.3) is 0 Å². The van der Waals surface area contributed by atoms with Crippen molar-refractivity contribution in [2.45, 2.75) is 43.5 Å². The number of rotatable bonds is 7. The number of hydrogen-bond acceptors (Lipinski definition) is 4. The van der Waals surface area contributed by atoms with E-state index in [1.54, 1.807) is 30.3 Å². The summed E-state index contributed by atoms with van der Waals surface area (Å²) in [6, 6.07) is 15.7. The SMILES string of the molecule is CC(NC(=O)C1CCN(S(=O)(=O)c2ccccc2)CC1)c1ccc(NC(=O)C2CC2)cc1. The molecule has 170 valence electrons. The van der Waals surface area contributed by atoms with Gasteiger partial charge >= 0.3 is 0 Å². The lowest BCUT2D eigenvalue weighted by Crippen LogP contribution is -2.43. The zero-order chi connectivity index (χ0) is 22.7. The molecule has 32 heavy (non-hydrogen) atoms. The molecule has 1 aliphatic carbocycles. The number of nitrogens with one attached hydrogen (secondary N) is 2. The second kappa shape index (κ2) is 9.42. The summed E-state index contributed by atoms with van der Waals surface area (Å²) >= 11 is 0. The molecule has 2 aromatic carbocycles. The Hall–Kier alpha value is -2.71. The van der Waals surface area contributed by atoms with Gasteiger partial charge < -0.3 is 10.6 Å². The fourth-order valence-corrected chi connectivity index (χ4v) is 5.45. The fraction of sp³-hybridized carbons (Fsp3) is 0.417. The van der Waals surface area contributed by atoms with Crippen molar-refractivity contribution in [3.05, 3.63) is 60.2 Å².